The van der Waals surface area contributed by atoms with Crippen molar-refractivity contribution < 1.29 is 42.7 Å². The second-order valence-corrected chi connectivity index (χ2v) is 15.4. The van der Waals surface area contributed by atoms with Crippen LogP contribution >= 0.6 is 0 Å². The molecule has 55 heavy (non-hydrogen) atoms. The first-order valence-corrected chi connectivity index (χ1v) is 19.5. The summed E-state index contributed by atoms with van der Waals surface area (Å²) >= 11 is 0. The van der Waals surface area contributed by atoms with Crippen LogP contribution in [0.1, 0.15) is 97.1 Å². The lowest BCUT2D eigenvalue weighted by Gasteiger charge is -2.13. The minimum absolute atomic E-state index is 0.0737. The van der Waals surface area contributed by atoms with Gasteiger partial charge in [0.05, 0.1) is 44.2 Å². The van der Waals surface area contributed by atoms with Gasteiger partial charge in [-0.15, -0.1) is 0 Å². The first-order valence-electron chi connectivity index (χ1n) is 19.5. The van der Waals surface area contributed by atoms with E-state index in [0.717, 1.165) is 68.8 Å². The summed E-state index contributed by atoms with van der Waals surface area (Å²) in [6.45, 7) is 11.4. The number of unbranched alkanes of at least 4 members (excludes halogenated alkanes) is 2. The lowest BCUT2D eigenvalue weighted by Crippen LogP contribution is -2.15. The van der Waals surface area contributed by atoms with Crippen LogP contribution in [0, 0.1) is 5.41 Å². The molecule has 2 fully saturated rings. The van der Waals surface area contributed by atoms with Crippen LogP contribution in [-0.4, -0.2) is 63.8 Å². The molecule has 1 saturated carbocycles. The van der Waals surface area contributed by atoms with Crippen molar-refractivity contribution in [2.45, 2.75) is 77.2 Å². The van der Waals surface area contributed by atoms with E-state index in [1.54, 1.807) is 48.5 Å². The number of hydrogen-bond acceptors (Lipinski definition) is 9. The Kier molecular flexibility index (Phi) is 14.0. The van der Waals surface area contributed by atoms with Gasteiger partial charge in [0.2, 0.25) is 0 Å². The number of rotatable bonds is 23. The molecule has 4 aromatic rings. The molecule has 0 amide bonds. The van der Waals surface area contributed by atoms with Gasteiger partial charge in [0.1, 0.15) is 28.6 Å². The third-order valence-corrected chi connectivity index (χ3v) is 10.0. The van der Waals surface area contributed by atoms with E-state index in [1.807, 2.05) is 55.5 Å². The molecule has 2 unspecified atom stereocenters. The summed E-state index contributed by atoms with van der Waals surface area (Å²) in [5.74, 6) is 1.77. The van der Waals surface area contributed by atoms with Crippen LogP contribution in [0.3, 0.4) is 0 Å². The van der Waals surface area contributed by atoms with E-state index in [2.05, 4.69) is 13.8 Å². The van der Waals surface area contributed by atoms with E-state index in [0.29, 0.717) is 60.2 Å². The molecule has 0 aromatic heterocycles. The van der Waals surface area contributed by atoms with Crippen molar-refractivity contribution in [2.24, 2.45) is 5.41 Å². The molecular weight excluding hydrogens is 696 g/mol. The van der Waals surface area contributed by atoms with Gasteiger partial charge in [-0.3, -0.25) is 0 Å². The molecule has 2 atom stereocenters. The molecule has 4 aromatic carbocycles. The van der Waals surface area contributed by atoms with Crippen LogP contribution in [0.25, 0.3) is 0 Å². The van der Waals surface area contributed by atoms with E-state index in [9.17, 15) is 9.59 Å². The zero-order chi connectivity index (χ0) is 38.5. The number of esters is 2. The highest BCUT2D eigenvalue weighted by molar-refractivity contribution is 5.91. The summed E-state index contributed by atoms with van der Waals surface area (Å²) in [5, 5.41) is 0. The van der Waals surface area contributed by atoms with E-state index < -0.39 is 11.9 Å². The van der Waals surface area contributed by atoms with Crippen LogP contribution in [0.4, 0.5) is 0 Å². The van der Waals surface area contributed by atoms with Crippen molar-refractivity contribution in [3.05, 3.63) is 119 Å². The van der Waals surface area contributed by atoms with Crippen LogP contribution in [-0.2, 0) is 20.6 Å². The third-order valence-electron chi connectivity index (χ3n) is 10.0. The zero-order valence-corrected chi connectivity index (χ0v) is 32.4. The largest absolute Gasteiger partial charge is 0.494 e. The highest BCUT2D eigenvalue weighted by atomic mass is 16.6. The Morgan fingerprint density at radius 1 is 0.600 bits per heavy atom. The van der Waals surface area contributed by atoms with Gasteiger partial charge in [0, 0.05) is 13.2 Å². The zero-order valence-electron chi connectivity index (χ0n) is 32.4. The predicted molar refractivity (Wildman–Crippen MR) is 211 cm³/mol. The molecule has 1 saturated heterocycles. The van der Waals surface area contributed by atoms with Gasteiger partial charge < -0.3 is 33.2 Å². The molecule has 9 nitrogen and oxygen atoms in total. The van der Waals surface area contributed by atoms with Crippen molar-refractivity contribution in [1.82, 2.24) is 0 Å². The fraction of sp³-hybridized carbons (Fsp3) is 0.435. The van der Waals surface area contributed by atoms with Gasteiger partial charge >= 0.3 is 11.9 Å². The molecule has 1 aliphatic heterocycles. The highest BCUT2D eigenvalue weighted by Crippen LogP contribution is 2.45. The van der Waals surface area contributed by atoms with E-state index in [4.69, 9.17) is 33.2 Å². The molecular formula is C46H54O9. The normalized spacial score (nSPS) is 17.2. The Hall–Kier alpha value is -4.70. The molecule has 6 rings (SSSR count). The van der Waals surface area contributed by atoms with E-state index in [-0.39, 0.29) is 11.5 Å². The van der Waals surface area contributed by atoms with Gasteiger partial charge in [0.15, 0.2) is 0 Å². The van der Waals surface area contributed by atoms with Gasteiger partial charge in [-0.05, 0) is 147 Å². The lowest BCUT2D eigenvalue weighted by molar-refractivity contribution is 0.0725. The summed E-state index contributed by atoms with van der Waals surface area (Å²) in [6, 6.07) is 29.2. The Morgan fingerprint density at radius 2 is 1.04 bits per heavy atom. The van der Waals surface area contributed by atoms with Crippen LogP contribution < -0.4 is 18.9 Å². The number of hydrogen-bond donors (Lipinski definition) is 0. The Balaban J connectivity index is 0.860. The number of benzene rings is 4. The molecule has 292 valence electrons. The Labute approximate surface area is 325 Å². The van der Waals surface area contributed by atoms with Crippen molar-refractivity contribution in [3.63, 3.8) is 0 Å². The quantitative estimate of drug-likeness (QED) is 0.0318. The first kappa shape index (κ1) is 40.0. The van der Waals surface area contributed by atoms with Crippen molar-refractivity contribution >= 4 is 11.9 Å². The van der Waals surface area contributed by atoms with Gasteiger partial charge in [0.25, 0.3) is 0 Å². The summed E-state index contributed by atoms with van der Waals surface area (Å²) in [5.41, 5.74) is 3.50. The second kappa shape index (κ2) is 19.2. The highest BCUT2D eigenvalue weighted by Gasteiger charge is 2.39. The summed E-state index contributed by atoms with van der Waals surface area (Å²) in [6.07, 6.45) is 7.01. The molecule has 0 N–H and O–H groups in total. The smallest absolute Gasteiger partial charge is 0.343 e. The third kappa shape index (κ3) is 13.2. The fourth-order valence-electron chi connectivity index (χ4n) is 5.90. The van der Waals surface area contributed by atoms with Crippen molar-refractivity contribution in [1.29, 1.82) is 0 Å². The maximum absolute atomic E-state index is 12.8. The maximum Gasteiger partial charge on any atom is 0.343 e. The van der Waals surface area contributed by atoms with E-state index in [1.165, 1.54) is 12.8 Å². The minimum atomic E-state index is -0.425. The maximum atomic E-state index is 12.8. The fourth-order valence-corrected chi connectivity index (χ4v) is 5.90. The van der Waals surface area contributed by atoms with Gasteiger partial charge in [-0.25, -0.2) is 9.59 Å². The van der Waals surface area contributed by atoms with Crippen molar-refractivity contribution in [2.75, 3.05) is 46.2 Å². The molecule has 1 heterocycles. The Bertz CT molecular complexity index is 1790. The van der Waals surface area contributed by atoms with Crippen LogP contribution in [0.5, 0.6) is 23.0 Å². The minimum Gasteiger partial charge on any atom is -0.494 e. The predicted octanol–water partition coefficient (Wildman–Crippen LogP) is 9.41. The topological polar surface area (TPSA) is 102 Å². The summed E-state index contributed by atoms with van der Waals surface area (Å²) in [7, 11) is 0. The molecule has 0 bridgehead atoms. The Morgan fingerprint density at radius 3 is 1.51 bits per heavy atom. The summed E-state index contributed by atoms with van der Waals surface area (Å²) in [4.78, 5) is 25.5. The summed E-state index contributed by atoms with van der Waals surface area (Å²) < 4.78 is 39.6. The van der Waals surface area contributed by atoms with Crippen LogP contribution in [0.2, 0.25) is 0 Å². The number of carbonyl (C=O) groups excluding carboxylic acids is 2. The van der Waals surface area contributed by atoms with E-state index >= 15 is 0 Å². The number of epoxide rings is 1. The lowest BCUT2D eigenvalue weighted by atomic mass is 9.94. The van der Waals surface area contributed by atoms with Gasteiger partial charge in [-0.1, -0.05) is 38.1 Å². The van der Waals surface area contributed by atoms with Crippen LogP contribution in [0.15, 0.2) is 97.1 Å². The first-order chi connectivity index (χ1) is 26.7. The van der Waals surface area contributed by atoms with Crippen molar-refractivity contribution in [3.8, 4) is 23.0 Å². The SMILES string of the molecule is CC(Cc1ccc(OC(=O)c2ccc(OCCCCOCC3(C)CO3)cc2)cc1)c1ccc(OC(=O)c2ccc(OCCCCOCC3(C)CC3)cc2)cc1. The monoisotopic (exact) mass is 750 g/mol. The number of carbonyl (C=O) groups is 2. The second-order valence-electron chi connectivity index (χ2n) is 15.4. The molecule has 9 heteroatoms. The molecule has 2 aliphatic rings. The standard InChI is InChI=1S/C46H54O9/c1-34(36-10-22-42(23-11-36)55-44(48)38-14-20-39(21-15-38)51-28-6-4-26-49-31-45(2)24-25-45)30-35-8-16-41(17-9-35)54-43(47)37-12-18-40(19-13-37)52-29-7-5-27-50-32-46(3)33-53-46/h8-23,34H,4-7,24-33H2,1-3H3. The average molecular weight is 751 g/mol. The molecule has 0 spiro atoms. The molecule has 0 radical (unpaired) electrons. The molecule has 1 aliphatic carbocycles. The number of ether oxygens (including phenoxy) is 7. The average Bonchev–Trinajstić information content (AvgIpc) is 4.13. The van der Waals surface area contributed by atoms with Gasteiger partial charge in [-0.2, -0.15) is 0 Å².